The molecule has 1 saturated heterocycles. The standard InChI is InChI=1S/C20H21ClN2O2/c21-17-5-3-4-15(14-17)11-12-22-20(25)16-7-9-18(10-8-16)23-13-2-1-6-19(23)24/h3-5,7-10,14H,1-2,6,11-13H2,(H,22,25). The van der Waals surface area contributed by atoms with E-state index < -0.39 is 0 Å². The zero-order valence-corrected chi connectivity index (χ0v) is 14.8. The molecular weight excluding hydrogens is 336 g/mol. The first kappa shape index (κ1) is 17.5. The van der Waals surface area contributed by atoms with Crippen molar-refractivity contribution in [1.82, 2.24) is 5.32 Å². The first-order chi connectivity index (χ1) is 12.1. The molecule has 1 aliphatic heterocycles. The Hall–Kier alpha value is -2.33. The van der Waals surface area contributed by atoms with Crippen molar-refractivity contribution in [3.05, 3.63) is 64.7 Å². The summed E-state index contributed by atoms with van der Waals surface area (Å²) in [6.45, 7) is 1.30. The van der Waals surface area contributed by atoms with Gasteiger partial charge in [0.2, 0.25) is 5.91 Å². The first-order valence-electron chi connectivity index (χ1n) is 8.56. The molecule has 1 heterocycles. The number of carbonyl (C=O) groups excluding carboxylic acids is 2. The average Bonchev–Trinajstić information content (AvgIpc) is 2.62. The van der Waals surface area contributed by atoms with Gasteiger partial charge < -0.3 is 10.2 Å². The van der Waals surface area contributed by atoms with Crippen LogP contribution in [0.5, 0.6) is 0 Å². The zero-order chi connectivity index (χ0) is 17.6. The van der Waals surface area contributed by atoms with Crippen molar-refractivity contribution in [2.24, 2.45) is 0 Å². The molecule has 0 saturated carbocycles. The van der Waals surface area contributed by atoms with Crippen molar-refractivity contribution in [3.8, 4) is 0 Å². The minimum Gasteiger partial charge on any atom is -0.352 e. The Morgan fingerprint density at radius 3 is 2.64 bits per heavy atom. The van der Waals surface area contributed by atoms with Crippen LogP contribution in [0.4, 0.5) is 5.69 Å². The van der Waals surface area contributed by atoms with Crippen molar-refractivity contribution in [2.45, 2.75) is 25.7 Å². The van der Waals surface area contributed by atoms with Crippen LogP contribution in [0.2, 0.25) is 5.02 Å². The lowest BCUT2D eigenvalue weighted by Gasteiger charge is -2.26. The minimum atomic E-state index is -0.112. The fraction of sp³-hybridized carbons (Fsp3) is 0.300. The third-order valence-corrected chi connectivity index (χ3v) is 4.59. The fourth-order valence-corrected chi connectivity index (χ4v) is 3.20. The van der Waals surface area contributed by atoms with Crippen molar-refractivity contribution in [2.75, 3.05) is 18.0 Å². The van der Waals surface area contributed by atoms with Crippen LogP contribution in [0.3, 0.4) is 0 Å². The lowest BCUT2D eigenvalue weighted by atomic mass is 10.1. The molecule has 2 amide bonds. The van der Waals surface area contributed by atoms with Gasteiger partial charge in [0.15, 0.2) is 0 Å². The van der Waals surface area contributed by atoms with Crippen LogP contribution in [0.25, 0.3) is 0 Å². The Balaban J connectivity index is 1.54. The second-order valence-electron chi connectivity index (χ2n) is 6.19. The van der Waals surface area contributed by atoms with Crippen LogP contribution in [0.15, 0.2) is 48.5 Å². The van der Waals surface area contributed by atoms with Gasteiger partial charge in [0, 0.05) is 35.8 Å². The lowest BCUT2D eigenvalue weighted by Crippen LogP contribution is -2.35. The maximum atomic E-state index is 12.2. The van der Waals surface area contributed by atoms with Gasteiger partial charge in [0.25, 0.3) is 5.91 Å². The van der Waals surface area contributed by atoms with E-state index in [4.69, 9.17) is 11.6 Å². The largest absolute Gasteiger partial charge is 0.352 e. The van der Waals surface area contributed by atoms with Crippen molar-refractivity contribution >= 4 is 29.1 Å². The number of carbonyl (C=O) groups is 2. The predicted molar refractivity (Wildman–Crippen MR) is 100 cm³/mol. The number of hydrogen-bond acceptors (Lipinski definition) is 2. The van der Waals surface area contributed by atoms with Gasteiger partial charge in [-0.2, -0.15) is 0 Å². The monoisotopic (exact) mass is 356 g/mol. The molecule has 130 valence electrons. The van der Waals surface area contributed by atoms with Gasteiger partial charge in [-0.3, -0.25) is 9.59 Å². The Morgan fingerprint density at radius 2 is 1.92 bits per heavy atom. The SMILES string of the molecule is O=C(NCCc1cccc(Cl)c1)c1ccc(N2CCCCC2=O)cc1. The molecule has 1 fully saturated rings. The fourth-order valence-electron chi connectivity index (χ4n) is 2.99. The molecule has 1 N–H and O–H groups in total. The third-order valence-electron chi connectivity index (χ3n) is 4.35. The highest BCUT2D eigenvalue weighted by Gasteiger charge is 2.19. The molecule has 3 rings (SSSR count). The summed E-state index contributed by atoms with van der Waals surface area (Å²) < 4.78 is 0. The molecule has 5 heteroatoms. The lowest BCUT2D eigenvalue weighted by molar-refractivity contribution is -0.119. The molecule has 0 bridgehead atoms. The van der Waals surface area contributed by atoms with Gasteiger partial charge in [0.1, 0.15) is 0 Å². The van der Waals surface area contributed by atoms with E-state index >= 15 is 0 Å². The molecule has 2 aromatic rings. The summed E-state index contributed by atoms with van der Waals surface area (Å²) in [5, 5.41) is 3.61. The number of piperidine rings is 1. The minimum absolute atomic E-state index is 0.112. The summed E-state index contributed by atoms with van der Waals surface area (Å²) in [6, 6.07) is 14.8. The van der Waals surface area contributed by atoms with Gasteiger partial charge in [-0.15, -0.1) is 0 Å². The second kappa shape index (κ2) is 8.17. The predicted octanol–water partition coefficient (Wildman–Crippen LogP) is 3.83. The average molecular weight is 357 g/mol. The number of hydrogen-bond donors (Lipinski definition) is 1. The smallest absolute Gasteiger partial charge is 0.251 e. The van der Waals surface area contributed by atoms with Gasteiger partial charge in [-0.1, -0.05) is 23.7 Å². The number of amides is 2. The second-order valence-corrected chi connectivity index (χ2v) is 6.62. The van der Waals surface area contributed by atoms with E-state index in [0.29, 0.717) is 23.6 Å². The van der Waals surface area contributed by atoms with E-state index in [2.05, 4.69) is 5.32 Å². The Kier molecular flexibility index (Phi) is 5.71. The third kappa shape index (κ3) is 4.60. The molecular formula is C20H21ClN2O2. The molecule has 0 aromatic heterocycles. The highest BCUT2D eigenvalue weighted by Crippen LogP contribution is 2.21. The Labute approximate surface area is 152 Å². The Morgan fingerprint density at radius 1 is 1.12 bits per heavy atom. The number of rotatable bonds is 5. The van der Waals surface area contributed by atoms with Crippen LogP contribution in [-0.2, 0) is 11.2 Å². The molecule has 0 atom stereocenters. The molecule has 2 aromatic carbocycles. The number of halogens is 1. The summed E-state index contributed by atoms with van der Waals surface area (Å²) in [5.74, 6) is 0.0449. The van der Waals surface area contributed by atoms with Crippen molar-refractivity contribution in [1.29, 1.82) is 0 Å². The highest BCUT2D eigenvalue weighted by atomic mass is 35.5. The summed E-state index contributed by atoms with van der Waals surface area (Å²) in [6.07, 6.45) is 3.32. The van der Waals surface area contributed by atoms with Gasteiger partial charge in [0.05, 0.1) is 0 Å². The van der Waals surface area contributed by atoms with E-state index in [1.165, 1.54) is 0 Å². The van der Waals surface area contributed by atoms with Gasteiger partial charge >= 0.3 is 0 Å². The van der Waals surface area contributed by atoms with E-state index in [1.54, 1.807) is 17.0 Å². The molecule has 4 nitrogen and oxygen atoms in total. The summed E-state index contributed by atoms with van der Waals surface area (Å²) >= 11 is 5.96. The van der Waals surface area contributed by atoms with Crippen molar-refractivity contribution < 1.29 is 9.59 Å². The van der Waals surface area contributed by atoms with Crippen LogP contribution in [0.1, 0.15) is 35.2 Å². The quantitative estimate of drug-likeness (QED) is 0.885. The van der Waals surface area contributed by atoms with Crippen LogP contribution >= 0.6 is 11.6 Å². The van der Waals surface area contributed by atoms with E-state index in [-0.39, 0.29) is 11.8 Å². The molecule has 0 radical (unpaired) electrons. The Bertz CT molecular complexity index is 759. The molecule has 0 unspecified atom stereocenters. The summed E-state index contributed by atoms with van der Waals surface area (Å²) in [4.78, 5) is 26.0. The zero-order valence-electron chi connectivity index (χ0n) is 14.0. The number of anilines is 1. The van der Waals surface area contributed by atoms with Crippen LogP contribution in [0, 0.1) is 0 Å². The number of nitrogens with zero attached hydrogens (tertiary/aromatic N) is 1. The van der Waals surface area contributed by atoms with Crippen LogP contribution in [-0.4, -0.2) is 24.9 Å². The topological polar surface area (TPSA) is 49.4 Å². The molecule has 0 spiro atoms. The number of benzene rings is 2. The van der Waals surface area contributed by atoms with Gasteiger partial charge in [-0.05, 0) is 61.2 Å². The normalized spacial score (nSPS) is 14.4. The molecule has 0 aliphatic carbocycles. The maximum Gasteiger partial charge on any atom is 0.251 e. The van der Waals surface area contributed by atoms with Crippen LogP contribution < -0.4 is 10.2 Å². The highest BCUT2D eigenvalue weighted by molar-refractivity contribution is 6.30. The van der Waals surface area contributed by atoms with E-state index in [9.17, 15) is 9.59 Å². The summed E-state index contributed by atoms with van der Waals surface area (Å²) in [5.41, 5.74) is 2.55. The van der Waals surface area contributed by atoms with E-state index in [1.807, 2.05) is 36.4 Å². The van der Waals surface area contributed by atoms with Gasteiger partial charge in [-0.25, -0.2) is 0 Å². The molecule has 1 aliphatic rings. The van der Waals surface area contributed by atoms with E-state index in [0.717, 1.165) is 37.1 Å². The molecule has 25 heavy (non-hydrogen) atoms. The number of nitrogens with one attached hydrogen (secondary N) is 1. The first-order valence-corrected chi connectivity index (χ1v) is 8.94. The van der Waals surface area contributed by atoms with Crippen molar-refractivity contribution in [3.63, 3.8) is 0 Å². The maximum absolute atomic E-state index is 12.2. The summed E-state index contributed by atoms with van der Waals surface area (Å²) in [7, 11) is 0.